The number of rotatable bonds is 4. The number of hydrogen-bond donors (Lipinski definition) is 0. The maximum Gasteiger partial charge on any atom is -0.00112 e. The lowest BCUT2D eigenvalue weighted by atomic mass is 9.93. The van der Waals surface area contributed by atoms with Crippen LogP contribution in [0.3, 0.4) is 0 Å². The summed E-state index contributed by atoms with van der Waals surface area (Å²) in [6.45, 7) is 2.28. The van der Waals surface area contributed by atoms with Crippen LogP contribution in [-0.2, 0) is 0 Å². The van der Waals surface area contributed by atoms with Crippen molar-refractivity contribution < 1.29 is 0 Å². The first-order chi connectivity index (χ1) is 12.9. The Labute approximate surface area is 155 Å². The molecule has 0 atom stereocenters. The second-order valence-electron chi connectivity index (χ2n) is 7.16. The minimum atomic E-state index is 1.16. The molecule has 0 bridgehead atoms. The van der Waals surface area contributed by atoms with Crippen LogP contribution in [0.4, 0.5) is 0 Å². The van der Waals surface area contributed by atoms with Crippen molar-refractivity contribution in [3.8, 4) is 0 Å². The minimum Gasteiger partial charge on any atom is -0.0654 e. The number of allylic oxidation sites excluding steroid dienone is 3. The van der Waals surface area contributed by atoms with Gasteiger partial charge in [0.2, 0.25) is 0 Å². The van der Waals surface area contributed by atoms with Crippen molar-refractivity contribution in [2.75, 3.05) is 0 Å². The van der Waals surface area contributed by atoms with E-state index >= 15 is 0 Å². The average molecular weight is 334 g/mol. The van der Waals surface area contributed by atoms with Gasteiger partial charge in [0.1, 0.15) is 0 Å². The van der Waals surface area contributed by atoms with Crippen LogP contribution in [0.1, 0.15) is 54.0 Å². The third-order valence-corrected chi connectivity index (χ3v) is 5.63. The van der Waals surface area contributed by atoms with E-state index in [9.17, 15) is 0 Å². The molecule has 0 saturated carbocycles. The molecular formula is C26H22. The largest absolute Gasteiger partial charge is 0.0654 e. The second kappa shape index (κ2) is 6.14. The first-order valence-electron chi connectivity index (χ1n) is 9.63. The van der Waals surface area contributed by atoms with Gasteiger partial charge in [-0.05, 0) is 63.0 Å². The van der Waals surface area contributed by atoms with E-state index in [1.54, 1.807) is 0 Å². The zero-order valence-electron chi connectivity index (χ0n) is 15.1. The first-order valence-corrected chi connectivity index (χ1v) is 9.63. The molecule has 0 N–H and O–H groups in total. The van der Waals surface area contributed by atoms with Crippen LogP contribution in [0.5, 0.6) is 0 Å². The summed E-state index contributed by atoms with van der Waals surface area (Å²) in [5, 5.41) is 0. The Morgan fingerprint density at radius 2 is 1.08 bits per heavy atom. The number of benzene rings is 3. The summed E-state index contributed by atoms with van der Waals surface area (Å²) in [4.78, 5) is 0. The highest BCUT2D eigenvalue weighted by atomic mass is 14.4. The Morgan fingerprint density at radius 3 is 1.73 bits per heavy atom. The third kappa shape index (κ3) is 2.15. The van der Waals surface area contributed by atoms with E-state index in [-0.39, 0.29) is 0 Å². The SMILES string of the molecule is CCCCC1=C2C(=C(c3ccccc3)c3ccccc32)c2ccccc21. The molecule has 5 rings (SSSR count). The predicted octanol–water partition coefficient (Wildman–Crippen LogP) is 7.07. The van der Waals surface area contributed by atoms with E-state index in [0.717, 1.165) is 6.42 Å². The monoisotopic (exact) mass is 334 g/mol. The Balaban J connectivity index is 1.86. The molecule has 126 valence electrons. The van der Waals surface area contributed by atoms with Crippen LogP contribution < -0.4 is 0 Å². The van der Waals surface area contributed by atoms with Gasteiger partial charge >= 0.3 is 0 Å². The van der Waals surface area contributed by atoms with Gasteiger partial charge in [-0.1, -0.05) is 92.2 Å². The van der Waals surface area contributed by atoms with Gasteiger partial charge in [0.15, 0.2) is 0 Å². The van der Waals surface area contributed by atoms with E-state index in [4.69, 9.17) is 0 Å². The summed E-state index contributed by atoms with van der Waals surface area (Å²) in [6, 6.07) is 28.8. The number of hydrogen-bond acceptors (Lipinski definition) is 0. The molecule has 0 nitrogen and oxygen atoms in total. The summed E-state index contributed by atoms with van der Waals surface area (Å²) in [5.41, 5.74) is 12.8. The van der Waals surface area contributed by atoms with Crippen LogP contribution in [0, 0.1) is 0 Å². The summed E-state index contributed by atoms with van der Waals surface area (Å²) in [6.07, 6.45) is 3.62. The van der Waals surface area contributed by atoms with E-state index in [1.165, 1.54) is 63.0 Å². The Kier molecular flexibility index (Phi) is 3.64. The van der Waals surface area contributed by atoms with E-state index in [0.29, 0.717) is 0 Å². The van der Waals surface area contributed by atoms with Gasteiger partial charge in [0, 0.05) is 0 Å². The molecule has 0 heteroatoms. The molecule has 0 unspecified atom stereocenters. The standard InChI is InChI=1S/C26H22/c1-2-3-13-20-19-14-7-8-15-21(19)26-24(18-11-5-4-6-12-18)22-16-9-10-17-23(22)25(20)26/h4-12,14-17H,2-3,13H2,1H3. The molecule has 0 aromatic heterocycles. The van der Waals surface area contributed by atoms with Crippen LogP contribution in [0.25, 0.3) is 22.3 Å². The van der Waals surface area contributed by atoms with Gasteiger partial charge in [-0.2, -0.15) is 0 Å². The maximum absolute atomic E-state index is 2.31. The molecule has 0 amide bonds. The van der Waals surface area contributed by atoms with E-state index in [1.807, 2.05) is 0 Å². The summed E-state index contributed by atoms with van der Waals surface area (Å²) in [5.74, 6) is 0. The number of fused-ring (bicyclic) bond motifs is 5. The van der Waals surface area contributed by atoms with Crippen molar-refractivity contribution >= 4 is 22.3 Å². The molecule has 0 saturated heterocycles. The Hall–Kier alpha value is -2.86. The van der Waals surface area contributed by atoms with E-state index < -0.39 is 0 Å². The van der Waals surface area contributed by atoms with Gasteiger partial charge in [-0.15, -0.1) is 0 Å². The van der Waals surface area contributed by atoms with Gasteiger partial charge in [-0.25, -0.2) is 0 Å². The van der Waals surface area contributed by atoms with Gasteiger partial charge in [0.25, 0.3) is 0 Å². The van der Waals surface area contributed by atoms with Crippen molar-refractivity contribution in [2.24, 2.45) is 0 Å². The van der Waals surface area contributed by atoms with Crippen molar-refractivity contribution in [3.05, 3.63) is 107 Å². The van der Waals surface area contributed by atoms with Crippen LogP contribution in [0.15, 0.2) is 78.9 Å². The summed E-state index contributed by atoms with van der Waals surface area (Å²) < 4.78 is 0. The average Bonchev–Trinajstić information content (AvgIpc) is 3.20. The Morgan fingerprint density at radius 1 is 0.538 bits per heavy atom. The van der Waals surface area contributed by atoms with Gasteiger partial charge in [0.05, 0.1) is 0 Å². The molecule has 0 radical (unpaired) electrons. The predicted molar refractivity (Wildman–Crippen MR) is 112 cm³/mol. The molecule has 2 aliphatic rings. The zero-order chi connectivity index (χ0) is 17.5. The summed E-state index contributed by atoms with van der Waals surface area (Å²) >= 11 is 0. The van der Waals surface area contributed by atoms with Crippen LogP contribution in [-0.4, -0.2) is 0 Å². The molecule has 0 spiro atoms. The first kappa shape index (κ1) is 15.4. The van der Waals surface area contributed by atoms with Crippen molar-refractivity contribution in [2.45, 2.75) is 26.2 Å². The van der Waals surface area contributed by atoms with Crippen molar-refractivity contribution in [1.82, 2.24) is 0 Å². The van der Waals surface area contributed by atoms with Crippen LogP contribution >= 0.6 is 0 Å². The summed E-state index contributed by atoms with van der Waals surface area (Å²) in [7, 11) is 0. The lowest BCUT2D eigenvalue weighted by Crippen LogP contribution is -1.91. The number of unbranched alkanes of at least 4 members (excludes halogenated alkanes) is 1. The highest BCUT2D eigenvalue weighted by molar-refractivity contribution is 6.33. The fourth-order valence-corrected chi connectivity index (χ4v) is 4.51. The molecule has 26 heavy (non-hydrogen) atoms. The van der Waals surface area contributed by atoms with Crippen LogP contribution in [0.2, 0.25) is 0 Å². The molecule has 3 aromatic rings. The molecule has 0 heterocycles. The topological polar surface area (TPSA) is 0 Å². The molecular weight excluding hydrogens is 312 g/mol. The Bertz CT molecular complexity index is 1050. The highest BCUT2D eigenvalue weighted by Gasteiger charge is 2.35. The molecule has 0 fully saturated rings. The zero-order valence-corrected chi connectivity index (χ0v) is 15.1. The van der Waals surface area contributed by atoms with Gasteiger partial charge in [-0.3, -0.25) is 0 Å². The quantitative estimate of drug-likeness (QED) is 0.478. The van der Waals surface area contributed by atoms with Crippen molar-refractivity contribution in [3.63, 3.8) is 0 Å². The lowest BCUT2D eigenvalue weighted by molar-refractivity contribution is 0.825. The van der Waals surface area contributed by atoms with E-state index in [2.05, 4.69) is 85.8 Å². The lowest BCUT2D eigenvalue weighted by Gasteiger charge is -2.11. The van der Waals surface area contributed by atoms with Gasteiger partial charge < -0.3 is 0 Å². The highest BCUT2D eigenvalue weighted by Crippen LogP contribution is 2.57. The second-order valence-corrected chi connectivity index (χ2v) is 7.16. The van der Waals surface area contributed by atoms with Crippen molar-refractivity contribution in [1.29, 1.82) is 0 Å². The molecule has 3 aromatic carbocycles. The molecule has 2 aliphatic carbocycles. The smallest absolute Gasteiger partial charge is 0.00112 e. The molecule has 0 aliphatic heterocycles. The fraction of sp³-hybridized carbons (Fsp3) is 0.154. The minimum absolute atomic E-state index is 1.16. The normalized spacial score (nSPS) is 14.5. The fourth-order valence-electron chi connectivity index (χ4n) is 4.51. The maximum atomic E-state index is 2.31. The third-order valence-electron chi connectivity index (χ3n) is 5.63.